The minimum atomic E-state index is -2.70. The van der Waals surface area contributed by atoms with Crippen molar-refractivity contribution in [2.45, 2.75) is 12.8 Å². The predicted octanol–water partition coefficient (Wildman–Crippen LogP) is 2.73. The molecule has 0 N–H and O–H groups in total. The molecule has 114 valence electrons. The van der Waals surface area contributed by atoms with Gasteiger partial charge in [0.05, 0.1) is 0 Å². The van der Waals surface area contributed by atoms with Crippen molar-refractivity contribution in [3.05, 3.63) is 59.7 Å². The number of aromatic nitrogens is 2. The molecule has 1 aromatic carbocycles. The highest BCUT2D eigenvalue weighted by Gasteiger charge is 2.32. The highest BCUT2D eigenvalue weighted by molar-refractivity contribution is 5.92. The molecule has 0 unspecified atom stereocenters. The third kappa shape index (κ3) is 3.10. The maximum absolute atomic E-state index is 12.6. The third-order valence-electron chi connectivity index (χ3n) is 3.74. The van der Waals surface area contributed by atoms with E-state index in [0.29, 0.717) is 19.0 Å². The Kier molecular flexibility index (Phi) is 4.09. The van der Waals surface area contributed by atoms with Crippen LogP contribution in [0.15, 0.2) is 42.7 Å². The van der Waals surface area contributed by atoms with Gasteiger partial charge in [0, 0.05) is 13.1 Å². The quantitative estimate of drug-likeness (QED) is 0.872. The van der Waals surface area contributed by atoms with Gasteiger partial charge in [-0.15, -0.1) is 0 Å². The molecule has 0 aliphatic carbocycles. The van der Waals surface area contributed by atoms with E-state index in [9.17, 15) is 13.6 Å². The zero-order chi connectivity index (χ0) is 15.5. The Hall–Kier alpha value is -2.37. The van der Waals surface area contributed by atoms with Gasteiger partial charge in [0.25, 0.3) is 12.3 Å². The van der Waals surface area contributed by atoms with E-state index >= 15 is 0 Å². The van der Waals surface area contributed by atoms with Gasteiger partial charge in [-0.25, -0.2) is 18.7 Å². The number of nitrogens with zero attached hydrogens (tertiary/aromatic N) is 3. The minimum Gasteiger partial charge on any atom is -0.337 e. The van der Waals surface area contributed by atoms with Gasteiger partial charge in [-0.1, -0.05) is 30.3 Å². The number of rotatable bonds is 4. The lowest BCUT2D eigenvalue weighted by molar-refractivity contribution is 0.0494. The van der Waals surface area contributed by atoms with E-state index < -0.39 is 12.1 Å². The number of alkyl halides is 2. The summed E-state index contributed by atoms with van der Waals surface area (Å²) in [4.78, 5) is 21.1. The molecule has 0 radical (unpaired) electrons. The van der Waals surface area contributed by atoms with Crippen molar-refractivity contribution in [3.8, 4) is 0 Å². The Morgan fingerprint density at radius 1 is 1.23 bits per heavy atom. The van der Waals surface area contributed by atoms with Crippen molar-refractivity contribution in [1.82, 2.24) is 14.9 Å². The molecule has 1 fully saturated rings. The summed E-state index contributed by atoms with van der Waals surface area (Å²) >= 11 is 0. The number of likely N-dealkylation sites (tertiary alicyclic amines) is 1. The Morgan fingerprint density at radius 2 is 1.95 bits per heavy atom. The summed E-state index contributed by atoms with van der Waals surface area (Å²) in [6.07, 6.45) is -0.774. The zero-order valence-corrected chi connectivity index (χ0v) is 11.8. The first-order chi connectivity index (χ1) is 10.6. The fourth-order valence-electron chi connectivity index (χ4n) is 2.58. The second-order valence-electron chi connectivity index (χ2n) is 5.39. The summed E-state index contributed by atoms with van der Waals surface area (Å²) < 4.78 is 25.2. The van der Waals surface area contributed by atoms with Gasteiger partial charge in [-0.05, 0) is 24.0 Å². The van der Waals surface area contributed by atoms with Crippen LogP contribution in [0.25, 0.3) is 0 Å². The van der Waals surface area contributed by atoms with E-state index in [4.69, 9.17) is 0 Å². The average Bonchev–Trinajstić information content (AvgIpc) is 2.51. The Balaban J connectivity index is 1.58. The topological polar surface area (TPSA) is 46.1 Å². The summed E-state index contributed by atoms with van der Waals surface area (Å²) in [5, 5.41) is 0. The highest BCUT2D eigenvalue weighted by atomic mass is 19.3. The molecule has 2 heterocycles. The van der Waals surface area contributed by atoms with E-state index in [1.54, 1.807) is 4.90 Å². The standard InChI is InChI=1S/C16H15F2N3O/c17-15(18)13-7-14(20-10-19-13)16(22)21-8-12(9-21)6-11-4-2-1-3-5-11/h1-5,7,10,12,15H,6,8-9H2. The predicted molar refractivity (Wildman–Crippen MR) is 76.5 cm³/mol. The van der Waals surface area contributed by atoms with Crippen LogP contribution in [0.4, 0.5) is 8.78 Å². The minimum absolute atomic E-state index is 0.0310. The van der Waals surface area contributed by atoms with Gasteiger partial charge in [0.2, 0.25) is 0 Å². The molecule has 6 heteroatoms. The molecule has 1 aromatic heterocycles. The molecule has 3 rings (SSSR count). The molecule has 0 saturated carbocycles. The first-order valence-electron chi connectivity index (χ1n) is 7.07. The molecule has 1 amide bonds. The smallest absolute Gasteiger partial charge is 0.280 e. The number of amides is 1. The van der Waals surface area contributed by atoms with Crippen molar-refractivity contribution < 1.29 is 13.6 Å². The maximum atomic E-state index is 12.6. The zero-order valence-electron chi connectivity index (χ0n) is 11.8. The molecule has 0 atom stereocenters. The van der Waals surface area contributed by atoms with Gasteiger partial charge >= 0.3 is 0 Å². The second-order valence-corrected chi connectivity index (χ2v) is 5.39. The molecule has 0 bridgehead atoms. The molecule has 2 aromatic rings. The Morgan fingerprint density at radius 3 is 2.64 bits per heavy atom. The number of hydrogen-bond acceptors (Lipinski definition) is 3. The van der Waals surface area contributed by atoms with Crippen LogP contribution < -0.4 is 0 Å². The molecular weight excluding hydrogens is 288 g/mol. The fourth-order valence-corrected chi connectivity index (χ4v) is 2.58. The van der Waals surface area contributed by atoms with E-state index in [2.05, 4.69) is 22.1 Å². The van der Waals surface area contributed by atoms with Crippen molar-refractivity contribution in [2.75, 3.05) is 13.1 Å². The van der Waals surface area contributed by atoms with Crippen LogP contribution in [-0.2, 0) is 6.42 Å². The van der Waals surface area contributed by atoms with Gasteiger partial charge in [0.1, 0.15) is 17.7 Å². The lowest BCUT2D eigenvalue weighted by Crippen LogP contribution is -2.50. The summed E-state index contributed by atoms with van der Waals surface area (Å²) in [6.45, 7) is 1.25. The first kappa shape index (κ1) is 14.6. The van der Waals surface area contributed by atoms with Crippen LogP contribution in [0, 0.1) is 5.92 Å². The lowest BCUT2D eigenvalue weighted by Gasteiger charge is -2.39. The van der Waals surface area contributed by atoms with Crippen molar-refractivity contribution in [2.24, 2.45) is 5.92 Å². The number of carbonyl (C=O) groups is 1. The van der Waals surface area contributed by atoms with Crippen LogP contribution in [0.3, 0.4) is 0 Å². The van der Waals surface area contributed by atoms with Crippen LogP contribution in [-0.4, -0.2) is 33.9 Å². The van der Waals surface area contributed by atoms with Crippen LogP contribution in [0.1, 0.15) is 28.2 Å². The third-order valence-corrected chi connectivity index (χ3v) is 3.74. The number of hydrogen-bond donors (Lipinski definition) is 0. The van der Waals surface area contributed by atoms with Gasteiger partial charge < -0.3 is 4.90 Å². The Bertz CT molecular complexity index is 657. The van der Waals surface area contributed by atoms with Gasteiger partial charge in [-0.2, -0.15) is 0 Å². The molecule has 4 nitrogen and oxygen atoms in total. The molecule has 1 aliphatic heterocycles. The van der Waals surface area contributed by atoms with E-state index in [1.807, 2.05) is 18.2 Å². The molecular formula is C16H15F2N3O. The summed E-state index contributed by atoms with van der Waals surface area (Å²) in [6, 6.07) is 11.1. The van der Waals surface area contributed by atoms with Gasteiger partial charge in [0.15, 0.2) is 0 Å². The van der Waals surface area contributed by atoms with E-state index in [1.165, 1.54) is 5.56 Å². The van der Waals surface area contributed by atoms with Gasteiger partial charge in [-0.3, -0.25) is 4.79 Å². The summed E-state index contributed by atoms with van der Waals surface area (Å²) in [5.41, 5.74) is 0.852. The number of halogens is 2. The van der Waals surface area contributed by atoms with E-state index in [0.717, 1.165) is 18.8 Å². The monoisotopic (exact) mass is 303 g/mol. The van der Waals surface area contributed by atoms with Crippen molar-refractivity contribution in [3.63, 3.8) is 0 Å². The average molecular weight is 303 g/mol. The molecule has 1 saturated heterocycles. The highest BCUT2D eigenvalue weighted by Crippen LogP contribution is 2.23. The second kappa shape index (κ2) is 6.17. The molecule has 22 heavy (non-hydrogen) atoms. The largest absolute Gasteiger partial charge is 0.337 e. The number of benzene rings is 1. The first-order valence-corrected chi connectivity index (χ1v) is 7.07. The summed E-state index contributed by atoms with van der Waals surface area (Å²) in [5.74, 6) is 0.0939. The van der Waals surface area contributed by atoms with E-state index in [-0.39, 0.29) is 11.6 Å². The Labute approximate surface area is 126 Å². The van der Waals surface area contributed by atoms with Crippen molar-refractivity contribution >= 4 is 5.91 Å². The maximum Gasteiger partial charge on any atom is 0.280 e. The SMILES string of the molecule is O=C(c1cc(C(F)F)ncn1)N1CC(Cc2ccccc2)C1. The molecule has 0 spiro atoms. The van der Waals surface area contributed by atoms with Crippen LogP contribution in [0.2, 0.25) is 0 Å². The van der Waals surface area contributed by atoms with Crippen LogP contribution in [0.5, 0.6) is 0 Å². The fraction of sp³-hybridized carbons (Fsp3) is 0.312. The number of carbonyl (C=O) groups excluding carboxylic acids is 1. The van der Waals surface area contributed by atoms with Crippen molar-refractivity contribution in [1.29, 1.82) is 0 Å². The normalized spacial score (nSPS) is 15.0. The lowest BCUT2D eigenvalue weighted by atomic mass is 9.92. The van der Waals surface area contributed by atoms with Crippen LogP contribution >= 0.6 is 0 Å². The summed E-state index contributed by atoms with van der Waals surface area (Å²) in [7, 11) is 0. The molecule has 1 aliphatic rings.